The molecule has 0 aliphatic heterocycles. The van der Waals surface area contributed by atoms with E-state index in [0.29, 0.717) is 5.39 Å². The van der Waals surface area contributed by atoms with Crippen molar-refractivity contribution in [2.24, 2.45) is 0 Å². The van der Waals surface area contributed by atoms with E-state index in [1.54, 1.807) is 25.1 Å². The highest BCUT2D eigenvalue weighted by molar-refractivity contribution is 5.78. The predicted octanol–water partition coefficient (Wildman–Crippen LogP) is 1.05. The summed E-state index contributed by atoms with van der Waals surface area (Å²) in [5, 5.41) is 0.321. The minimum atomic E-state index is -0.969. The van der Waals surface area contributed by atoms with Crippen molar-refractivity contribution in [2.45, 2.75) is 6.92 Å². The lowest BCUT2D eigenvalue weighted by molar-refractivity contribution is 0.328. The van der Waals surface area contributed by atoms with Gasteiger partial charge in [0.05, 0.1) is 0 Å². The van der Waals surface area contributed by atoms with E-state index in [1.807, 2.05) is 0 Å². The van der Waals surface area contributed by atoms with E-state index in [0.717, 1.165) is 5.56 Å². The van der Waals surface area contributed by atoms with E-state index < -0.39 is 11.4 Å². The van der Waals surface area contributed by atoms with Gasteiger partial charge in [0.15, 0.2) is 0 Å². The second kappa shape index (κ2) is 2.58. The molecule has 0 atom stereocenters. The van der Waals surface area contributed by atoms with E-state index in [-0.39, 0.29) is 5.58 Å². The Labute approximate surface area is 72.4 Å². The number of aryl methyl sites for hydroxylation is 1. The van der Waals surface area contributed by atoms with Crippen molar-refractivity contribution in [1.82, 2.24) is 0 Å². The molecule has 0 saturated heterocycles. The summed E-state index contributed by atoms with van der Waals surface area (Å²) >= 11 is 0. The average molecular weight is 178 g/mol. The molecule has 0 amide bonds. The van der Waals surface area contributed by atoms with Crippen molar-refractivity contribution in [3.63, 3.8) is 0 Å². The molecule has 13 heavy (non-hydrogen) atoms. The Balaban J connectivity index is 3.12. The topological polar surface area (TPSA) is 60.4 Å². The summed E-state index contributed by atoms with van der Waals surface area (Å²) in [6.45, 7) is 1.75. The summed E-state index contributed by atoms with van der Waals surface area (Å²) in [6, 6.07) is 5.01. The first-order valence-electron chi connectivity index (χ1n) is 3.72. The van der Waals surface area contributed by atoms with Crippen LogP contribution in [0.25, 0.3) is 11.0 Å². The molecule has 0 radical (unpaired) electrons. The summed E-state index contributed by atoms with van der Waals surface area (Å²) in [4.78, 5) is 21.9. The Morgan fingerprint density at radius 2 is 1.92 bits per heavy atom. The van der Waals surface area contributed by atoms with E-state index in [1.165, 1.54) is 0 Å². The molecule has 2 aromatic rings. The highest BCUT2D eigenvalue weighted by Crippen LogP contribution is 2.11. The molecule has 0 aliphatic carbocycles. The van der Waals surface area contributed by atoms with Gasteiger partial charge in [-0.25, -0.2) is 9.59 Å². The third-order valence-electron chi connectivity index (χ3n) is 1.81. The molecule has 66 valence electrons. The van der Waals surface area contributed by atoms with Crippen molar-refractivity contribution >= 4 is 11.0 Å². The molecule has 0 spiro atoms. The highest BCUT2D eigenvalue weighted by atomic mass is 16.6. The second-order valence-corrected chi connectivity index (χ2v) is 2.69. The summed E-state index contributed by atoms with van der Waals surface area (Å²) in [5.41, 5.74) is 0.348. The predicted molar refractivity (Wildman–Crippen MR) is 45.8 cm³/mol. The number of benzene rings is 1. The normalized spacial score (nSPS) is 10.5. The molecule has 0 bridgehead atoms. The zero-order valence-corrected chi connectivity index (χ0v) is 6.87. The van der Waals surface area contributed by atoms with Gasteiger partial charge >= 0.3 is 11.4 Å². The van der Waals surface area contributed by atoms with Crippen LogP contribution in [0.2, 0.25) is 0 Å². The lowest BCUT2D eigenvalue weighted by atomic mass is 10.1. The Bertz CT molecular complexity index is 562. The molecule has 1 aromatic heterocycles. The van der Waals surface area contributed by atoms with E-state index in [2.05, 4.69) is 4.42 Å². The minimum Gasteiger partial charge on any atom is -0.394 e. The fraction of sp³-hybridized carbons (Fsp3) is 0.111. The largest absolute Gasteiger partial charge is 0.522 e. The van der Waals surface area contributed by atoms with Crippen molar-refractivity contribution in [2.75, 3.05) is 0 Å². The molecule has 0 unspecified atom stereocenters. The second-order valence-electron chi connectivity index (χ2n) is 2.69. The first-order chi connectivity index (χ1) is 6.18. The Morgan fingerprint density at radius 1 is 1.15 bits per heavy atom. The van der Waals surface area contributed by atoms with Gasteiger partial charge in [-0.15, -0.1) is 0 Å². The van der Waals surface area contributed by atoms with Gasteiger partial charge in [-0.3, -0.25) is 0 Å². The Kier molecular flexibility index (Phi) is 1.55. The fourth-order valence-electron chi connectivity index (χ4n) is 1.22. The SMILES string of the molecule is Cc1cccc2oc(=O)oc(=O)c12. The summed E-state index contributed by atoms with van der Waals surface area (Å²) < 4.78 is 8.99. The maximum absolute atomic E-state index is 11.2. The van der Waals surface area contributed by atoms with Crippen LogP contribution in [0.5, 0.6) is 0 Å². The summed E-state index contributed by atoms with van der Waals surface area (Å²) in [6.07, 6.45) is 0. The summed E-state index contributed by atoms with van der Waals surface area (Å²) in [7, 11) is 0. The molecule has 0 fully saturated rings. The standard InChI is InChI=1S/C9H6O4/c1-5-3-2-4-6-7(5)8(10)13-9(11)12-6/h2-4H,1H3. The Hall–Kier alpha value is -1.84. The van der Waals surface area contributed by atoms with Crippen molar-refractivity contribution in [1.29, 1.82) is 0 Å². The van der Waals surface area contributed by atoms with E-state index >= 15 is 0 Å². The quantitative estimate of drug-likeness (QED) is 0.605. The lowest BCUT2D eigenvalue weighted by Crippen LogP contribution is -2.10. The van der Waals surface area contributed by atoms with Crippen LogP contribution in [0.4, 0.5) is 0 Å². The minimum absolute atomic E-state index is 0.265. The van der Waals surface area contributed by atoms with Gasteiger partial charge in [0, 0.05) is 0 Å². The van der Waals surface area contributed by atoms with Gasteiger partial charge in [-0.05, 0) is 18.6 Å². The number of rotatable bonds is 0. The van der Waals surface area contributed by atoms with Crippen LogP contribution in [0.15, 0.2) is 36.6 Å². The number of hydrogen-bond donors (Lipinski definition) is 0. The van der Waals surface area contributed by atoms with E-state index in [9.17, 15) is 9.59 Å². The monoisotopic (exact) mass is 178 g/mol. The smallest absolute Gasteiger partial charge is 0.394 e. The van der Waals surface area contributed by atoms with Crippen LogP contribution in [-0.2, 0) is 0 Å². The zero-order chi connectivity index (χ0) is 9.42. The van der Waals surface area contributed by atoms with Gasteiger partial charge < -0.3 is 8.83 Å². The van der Waals surface area contributed by atoms with Crippen LogP contribution in [0.1, 0.15) is 5.56 Å². The van der Waals surface area contributed by atoms with Crippen LogP contribution in [0.3, 0.4) is 0 Å². The molecule has 4 heteroatoms. The highest BCUT2D eigenvalue weighted by Gasteiger charge is 2.05. The average Bonchev–Trinajstić information content (AvgIpc) is 2.02. The van der Waals surface area contributed by atoms with Crippen molar-refractivity contribution < 1.29 is 8.83 Å². The third-order valence-corrected chi connectivity index (χ3v) is 1.81. The van der Waals surface area contributed by atoms with Crippen LogP contribution in [-0.4, -0.2) is 0 Å². The molecular formula is C9H6O4. The van der Waals surface area contributed by atoms with Gasteiger partial charge in [0.25, 0.3) is 0 Å². The van der Waals surface area contributed by atoms with Crippen molar-refractivity contribution in [3.8, 4) is 0 Å². The van der Waals surface area contributed by atoms with Gasteiger partial charge in [-0.2, -0.15) is 0 Å². The molecule has 0 N–H and O–H groups in total. The lowest BCUT2D eigenvalue weighted by Gasteiger charge is -1.95. The fourth-order valence-corrected chi connectivity index (χ4v) is 1.22. The van der Waals surface area contributed by atoms with Crippen LogP contribution in [0, 0.1) is 6.92 Å². The first-order valence-corrected chi connectivity index (χ1v) is 3.72. The third kappa shape index (κ3) is 1.16. The van der Waals surface area contributed by atoms with Crippen LogP contribution < -0.4 is 11.4 Å². The zero-order valence-electron chi connectivity index (χ0n) is 6.87. The molecule has 0 saturated carbocycles. The van der Waals surface area contributed by atoms with Gasteiger partial charge in [-0.1, -0.05) is 12.1 Å². The first kappa shape index (κ1) is 7.79. The van der Waals surface area contributed by atoms with Gasteiger partial charge in [0.1, 0.15) is 11.0 Å². The van der Waals surface area contributed by atoms with E-state index in [4.69, 9.17) is 4.42 Å². The number of hydrogen-bond acceptors (Lipinski definition) is 4. The molecule has 2 rings (SSSR count). The molecule has 1 heterocycles. The van der Waals surface area contributed by atoms with Crippen molar-refractivity contribution in [3.05, 3.63) is 44.8 Å². The maximum Gasteiger partial charge on any atom is 0.522 e. The number of fused-ring (bicyclic) bond motifs is 1. The van der Waals surface area contributed by atoms with Crippen LogP contribution >= 0.6 is 0 Å². The molecule has 4 nitrogen and oxygen atoms in total. The molecule has 1 aromatic carbocycles. The Morgan fingerprint density at radius 3 is 2.69 bits per heavy atom. The maximum atomic E-state index is 11.2. The molecular weight excluding hydrogens is 172 g/mol. The summed E-state index contributed by atoms with van der Waals surface area (Å²) in [5.74, 6) is -0.969. The molecule has 0 aliphatic rings. The van der Waals surface area contributed by atoms with Gasteiger partial charge in [0.2, 0.25) is 0 Å².